The molecule has 2 unspecified atom stereocenters. The summed E-state index contributed by atoms with van der Waals surface area (Å²) in [6, 6.07) is 1.60. The van der Waals surface area contributed by atoms with Crippen molar-refractivity contribution in [3.8, 4) is 0 Å². The largest absolute Gasteiger partial charge is 0.461 e. The third-order valence-electron chi connectivity index (χ3n) is 3.25. The van der Waals surface area contributed by atoms with Crippen LogP contribution in [0.15, 0.2) is 12.3 Å². The van der Waals surface area contributed by atoms with Crippen LogP contribution in [-0.4, -0.2) is 56.1 Å². The molecule has 0 amide bonds. The SMILES string of the molecule is CCOC(=O)c1[nH]ccc1NCCOC(C)(C(F)F)C(F)NC. The first-order chi connectivity index (χ1) is 10.9. The lowest BCUT2D eigenvalue weighted by molar-refractivity contribution is -0.169. The van der Waals surface area contributed by atoms with E-state index in [1.54, 1.807) is 13.0 Å². The number of carbonyl (C=O) groups is 1. The number of nitrogens with one attached hydrogen (secondary N) is 3. The molecule has 9 heteroatoms. The van der Waals surface area contributed by atoms with Crippen molar-refractivity contribution in [3.63, 3.8) is 0 Å². The molecule has 0 saturated heterocycles. The second kappa shape index (κ2) is 8.78. The Balaban J connectivity index is 2.55. The van der Waals surface area contributed by atoms with Crippen molar-refractivity contribution in [2.75, 3.05) is 32.1 Å². The number of halogens is 3. The molecule has 0 aromatic carbocycles. The topological polar surface area (TPSA) is 75.4 Å². The molecule has 23 heavy (non-hydrogen) atoms. The fourth-order valence-corrected chi connectivity index (χ4v) is 1.88. The number of esters is 1. The molecule has 1 aromatic heterocycles. The minimum Gasteiger partial charge on any atom is -0.461 e. The summed E-state index contributed by atoms with van der Waals surface area (Å²) in [5.74, 6) is -0.530. The highest BCUT2D eigenvalue weighted by molar-refractivity contribution is 5.93. The highest BCUT2D eigenvalue weighted by Gasteiger charge is 2.44. The molecule has 132 valence electrons. The van der Waals surface area contributed by atoms with Gasteiger partial charge in [-0.05, 0) is 27.0 Å². The lowest BCUT2D eigenvalue weighted by Gasteiger charge is -2.31. The molecule has 1 heterocycles. The van der Waals surface area contributed by atoms with Crippen LogP contribution in [0.3, 0.4) is 0 Å². The third-order valence-corrected chi connectivity index (χ3v) is 3.25. The number of hydrogen-bond acceptors (Lipinski definition) is 5. The summed E-state index contributed by atoms with van der Waals surface area (Å²) in [5, 5.41) is 4.98. The molecule has 0 fully saturated rings. The molecule has 6 nitrogen and oxygen atoms in total. The predicted octanol–water partition coefficient (Wildman–Crippen LogP) is 2.16. The zero-order valence-corrected chi connectivity index (χ0v) is 13.3. The van der Waals surface area contributed by atoms with Crippen LogP contribution in [0, 0.1) is 0 Å². The zero-order valence-electron chi connectivity index (χ0n) is 13.3. The third kappa shape index (κ3) is 4.87. The molecule has 0 radical (unpaired) electrons. The van der Waals surface area contributed by atoms with E-state index in [4.69, 9.17) is 9.47 Å². The number of anilines is 1. The number of rotatable bonds is 10. The van der Waals surface area contributed by atoms with Gasteiger partial charge in [-0.15, -0.1) is 0 Å². The van der Waals surface area contributed by atoms with Gasteiger partial charge in [0, 0.05) is 12.7 Å². The van der Waals surface area contributed by atoms with Gasteiger partial charge < -0.3 is 19.8 Å². The summed E-state index contributed by atoms with van der Waals surface area (Å²) >= 11 is 0. The fraction of sp³-hybridized carbons (Fsp3) is 0.643. The second-order valence-corrected chi connectivity index (χ2v) is 4.90. The first kappa shape index (κ1) is 19.3. The van der Waals surface area contributed by atoms with Gasteiger partial charge in [0.25, 0.3) is 6.43 Å². The maximum Gasteiger partial charge on any atom is 0.356 e. The van der Waals surface area contributed by atoms with Crippen LogP contribution >= 0.6 is 0 Å². The van der Waals surface area contributed by atoms with Crippen LogP contribution in [0.5, 0.6) is 0 Å². The molecule has 2 atom stereocenters. The molecular formula is C14H22F3N3O3. The highest BCUT2D eigenvalue weighted by Crippen LogP contribution is 2.25. The minimum atomic E-state index is -2.99. The fourth-order valence-electron chi connectivity index (χ4n) is 1.88. The Morgan fingerprint density at radius 3 is 2.70 bits per heavy atom. The number of alkyl halides is 3. The summed E-state index contributed by atoms with van der Waals surface area (Å²) in [6.45, 7) is 2.86. The van der Waals surface area contributed by atoms with Crippen molar-refractivity contribution in [2.24, 2.45) is 0 Å². The summed E-state index contributed by atoms with van der Waals surface area (Å²) in [4.78, 5) is 14.4. The van der Waals surface area contributed by atoms with E-state index in [0.717, 1.165) is 6.92 Å². The molecule has 1 aromatic rings. The van der Waals surface area contributed by atoms with Gasteiger partial charge in [-0.1, -0.05) is 0 Å². The van der Waals surface area contributed by atoms with Gasteiger partial charge in [0.15, 0.2) is 11.9 Å². The normalized spacial score (nSPS) is 15.3. The van der Waals surface area contributed by atoms with E-state index < -0.39 is 24.3 Å². The molecule has 0 aliphatic carbocycles. The maximum absolute atomic E-state index is 13.6. The highest BCUT2D eigenvalue weighted by atomic mass is 19.3. The van der Waals surface area contributed by atoms with E-state index in [0.29, 0.717) is 5.69 Å². The molecule has 0 spiro atoms. The standard InChI is InChI=1S/C14H22F3N3O3/c1-4-22-11(21)10-9(5-6-20-10)19-7-8-23-14(2,12(15)16)13(17)18-3/h5-6,12-13,18-20H,4,7-8H2,1-3H3. The monoisotopic (exact) mass is 337 g/mol. The lowest BCUT2D eigenvalue weighted by Crippen LogP contribution is -2.52. The molecule has 0 bridgehead atoms. The maximum atomic E-state index is 13.6. The quantitative estimate of drug-likeness (QED) is 0.347. The summed E-state index contributed by atoms with van der Waals surface area (Å²) in [6.07, 6.45) is -3.46. The Labute approximate surface area is 132 Å². The van der Waals surface area contributed by atoms with Gasteiger partial charge in [0.1, 0.15) is 5.69 Å². The summed E-state index contributed by atoms with van der Waals surface area (Å²) < 4.78 is 49.4. The van der Waals surface area contributed by atoms with Crippen LogP contribution in [0.25, 0.3) is 0 Å². The summed E-state index contributed by atoms with van der Waals surface area (Å²) in [5.41, 5.74) is -1.57. The number of likely N-dealkylation sites (N-methyl/N-ethyl adjacent to an activating group) is 1. The van der Waals surface area contributed by atoms with E-state index in [2.05, 4.69) is 15.6 Å². The Kier molecular flexibility index (Phi) is 7.37. The van der Waals surface area contributed by atoms with Gasteiger partial charge in [-0.2, -0.15) is 0 Å². The number of hydrogen-bond donors (Lipinski definition) is 3. The summed E-state index contributed by atoms with van der Waals surface area (Å²) in [7, 11) is 1.23. The van der Waals surface area contributed by atoms with Gasteiger partial charge in [0.05, 0.1) is 18.9 Å². The Hall–Kier alpha value is -1.74. The smallest absolute Gasteiger partial charge is 0.356 e. The average molecular weight is 337 g/mol. The van der Waals surface area contributed by atoms with Crippen LogP contribution in [0.2, 0.25) is 0 Å². The van der Waals surface area contributed by atoms with E-state index in [9.17, 15) is 18.0 Å². The molecule has 0 aliphatic heterocycles. The molecule has 3 N–H and O–H groups in total. The van der Waals surface area contributed by atoms with Crippen molar-refractivity contribution >= 4 is 11.7 Å². The first-order valence-corrected chi connectivity index (χ1v) is 7.18. The van der Waals surface area contributed by atoms with Crippen molar-refractivity contribution in [1.29, 1.82) is 0 Å². The minimum absolute atomic E-state index is 0.114. The zero-order chi connectivity index (χ0) is 17.5. The van der Waals surface area contributed by atoms with E-state index in [-0.39, 0.29) is 25.5 Å². The van der Waals surface area contributed by atoms with Crippen LogP contribution in [-0.2, 0) is 9.47 Å². The number of H-pyrrole nitrogens is 1. The van der Waals surface area contributed by atoms with Gasteiger partial charge >= 0.3 is 5.97 Å². The van der Waals surface area contributed by atoms with Gasteiger partial charge in [0.2, 0.25) is 0 Å². The second-order valence-electron chi connectivity index (χ2n) is 4.90. The average Bonchev–Trinajstić information content (AvgIpc) is 2.99. The Morgan fingerprint density at radius 1 is 1.43 bits per heavy atom. The van der Waals surface area contributed by atoms with Gasteiger partial charge in [-0.3, -0.25) is 5.32 Å². The first-order valence-electron chi connectivity index (χ1n) is 7.18. The number of aromatic amines is 1. The van der Waals surface area contributed by atoms with E-state index in [1.165, 1.54) is 13.2 Å². The van der Waals surface area contributed by atoms with Gasteiger partial charge in [-0.25, -0.2) is 18.0 Å². The molecular weight excluding hydrogens is 315 g/mol. The number of aromatic nitrogens is 1. The van der Waals surface area contributed by atoms with Crippen molar-refractivity contribution in [1.82, 2.24) is 10.3 Å². The Bertz CT molecular complexity index is 499. The molecule has 0 aliphatic rings. The van der Waals surface area contributed by atoms with Crippen molar-refractivity contribution in [2.45, 2.75) is 32.2 Å². The van der Waals surface area contributed by atoms with E-state index in [1.807, 2.05) is 0 Å². The van der Waals surface area contributed by atoms with Crippen LogP contribution in [0.1, 0.15) is 24.3 Å². The van der Waals surface area contributed by atoms with Crippen molar-refractivity contribution < 1.29 is 27.4 Å². The van der Waals surface area contributed by atoms with Crippen LogP contribution in [0.4, 0.5) is 18.9 Å². The predicted molar refractivity (Wildman–Crippen MR) is 79.6 cm³/mol. The van der Waals surface area contributed by atoms with Crippen molar-refractivity contribution in [3.05, 3.63) is 18.0 Å². The van der Waals surface area contributed by atoms with E-state index >= 15 is 0 Å². The molecule has 0 saturated carbocycles. The number of ether oxygens (including phenoxy) is 2. The lowest BCUT2D eigenvalue weighted by atomic mass is 10.1. The Morgan fingerprint density at radius 2 is 2.13 bits per heavy atom. The number of carbonyl (C=O) groups excluding carboxylic acids is 1. The molecule has 1 rings (SSSR count). The van der Waals surface area contributed by atoms with Crippen LogP contribution < -0.4 is 10.6 Å².